The Labute approximate surface area is 133 Å². The Bertz CT molecular complexity index is 283. The summed E-state index contributed by atoms with van der Waals surface area (Å²) in [7, 11) is 0. The Hall–Kier alpha value is -0.0800. The largest absolute Gasteiger partial charge is 0.311 e. The minimum absolute atomic E-state index is 0.523. The minimum Gasteiger partial charge on any atom is -0.311 e. The van der Waals surface area contributed by atoms with Crippen LogP contribution >= 0.6 is 0 Å². The van der Waals surface area contributed by atoms with Gasteiger partial charge in [0.2, 0.25) is 0 Å². The third-order valence-electron chi connectivity index (χ3n) is 6.18. The first-order valence-corrected chi connectivity index (χ1v) is 9.70. The molecule has 1 N–H and O–H groups in total. The van der Waals surface area contributed by atoms with Crippen molar-refractivity contribution in [2.45, 2.75) is 96.6 Å². The Kier molecular flexibility index (Phi) is 7.01. The zero-order chi connectivity index (χ0) is 15.1. The van der Waals surface area contributed by atoms with Gasteiger partial charge in [-0.1, -0.05) is 65.7 Å². The lowest BCUT2D eigenvalue weighted by molar-refractivity contribution is 0.0294. The van der Waals surface area contributed by atoms with Gasteiger partial charge >= 0.3 is 0 Å². The van der Waals surface area contributed by atoms with Crippen LogP contribution in [0.4, 0.5) is 0 Å². The van der Waals surface area contributed by atoms with Crippen molar-refractivity contribution in [3.63, 3.8) is 0 Å². The molecule has 2 unspecified atom stereocenters. The first-order valence-electron chi connectivity index (χ1n) is 9.70. The van der Waals surface area contributed by atoms with Gasteiger partial charge in [0, 0.05) is 24.7 Å². The molecule has 1 aliphatic carbocycles. The molecule has 0 aromatic carbocycles. The molecule has 1 saturated heterocycles. The molecule has 2 aliphatic rings. The summed E-state index contributed by atoms with van der Waals surface area (Å²) in [6.45, 7) is 10.9. The van der Waals surface area contributed by atoms with E-state index in [1.807, 2.05) is 0 Å². The highest BCUT2D eigenvalue weighted by Gasteiger charge is 2.43. The molecule has 0 aromatic rings. The summed E-state index contributed by atoms with van der Waals surface area (Å²) in [4.78, 5) is 2.90. The summed E-state index contributed by atoms with van der Waals surface area (Å²) in [6, 6.07) is 0.719. The van der Waals surface area contributed by atoms with Gasteiger partial charge in [-0.2, -0.15) is 0 Å². The van der Waals surface area contributed by atoms with E-state index in [9.17, 15) is 0 Å². The van der Waals surface area contributed by atoms with E-state index in [4.69, 9.17) is 0 Å². The van der Waals surface area contributed by atoms with E-state index >= 15 is 0 Å². The third-order valence-corrected chi connectivity index (χ3v) is 6.18. The van der Waals surface area contributed by atoms with Gasteiger partial charge in [-0.25, -0.2) is 0 Å². The van der Waals surface area contributed by atoms with Crippen LogP contribution in [-0.2, 0) is 0 Å². The number of piperazine rings is 1. The van der Waals surface area contributed by atoms with E-state index in [0.717, 1.165) is 12.0 Å². The van der Waals surface area contributed by atoms with Crippen molar-refractivity contribution in [2.75, 3.05) is 19.6 Å². The smallest absolute Gasteiger partial charge is 0.0334 e. The molecular weight excluding hydrogens is 256 g/mol. The predicted octanol–water partition coefficient (Wildman–Crippen LogP) is 4.59. The Balaban J connectivity index is 1.87. The molecule has 2 atom stereocenters. The lowest BCUT2D eigenvalue weighted by Crippen LogP contribution is -2.64. The molecule has 2 nitrogen and oxygen atoms in total. The number of unbranched alkanes of at least 4 members (excludes halogenated alkanes) is 4. The van der Waals surface area contributed by atoms with Gasteiger partial charge in [-0.3, -0.25) is 4.90 Å². The topological polar surface area (TPSA) is 15.3 Å². The quantitative estimate of drug-likeness (QED) is 0.659. The highest BCUT2D eigenvalue weighted by atomic mass is 15.3. The zero-order valence-electron chi connectivity index (χ0n) is 14.8. The number of nitrogens with one attached hydrogen (secondary N) is 1. The average Bonchev–Trinajstić information content (AvgIpc) is 2.97. The van der Waals surface area contributed by atoms with Gasteiger partial charge in [-0.15, -0.1) is 0 Å². The Morgan fingerprint density at radius 1 is 1.10 bits per heavy atom. The van der Waals surface area contributed by atoms with Crippen LogP contribution in [0.1, 0.15) is 85.0 Å². The second-order valence-corrected chi connectivity index (χ2v) is 7.66. The molecule has 0 radical (unpaired) electrons. The van der Waals surface area contributed by atoms with Gasteiger partial charge in [-0.05, 0) is 31.7 Å². The number of nitrogens with zero attached hydrogens (tertiary/aromatic N) is 1. The SMILES string of the molecule is CCCCCCCN1CC(C(C)CC)NCC12CCCC2. The predicted molar refractivity (Wildman–Crippen MR) is 92.8 cm³/mol. The van der Waals surface area contributed by atoms with Crippen molar-refractivity contribution < 1.29 is 0 Å². The molecule has 2 rings (SSSR count). The highest BCUT2D eigenvalue weighted by Crippen LogP contribution is 2.37. The van der Waals surface area contributed by atoms with Crippen molar-refractivity contribution in [3.8, 4) is 0 Å². The third kappa shape index (κ3) is 4.45. The van der Waals surface area contributed by atoms with Crippen LogP contribution in [0.25, 0.3) is 0 Å². The summed E-state index contributed by atoms with van der Waals surface area (Å²) in [6.07, 6.45) is 14.1. The second-order valence-electron chi connectivity index (χ2n) is 7.66. The minimum atomic E-state index is 0.523. The van der Waals surface area contributed by atoms with Crippen LogP contribution in [0.15, 0.2) is 0 Å². The number of rotatable bonds is 8. The molecule has 2 fully saturated rings. The van der Waals surface area contributed by atoms with E-state index in [1.165, 1.54) is 83.8 Å². The van der Waals surface area contributed by atoms with Crippen molar-refractivity contribution in [2.24, 2.45) is 5.92 Å². The molecule has 0 aromatic heterocycles. The summed E-state index contributed by atoms with van der Waals surface area (Å²) in [5.74, 6) is 0.811. The molecule has 0 bridgehead atoms. The van der Waals surface area contributed by atoms with E-state index < -0.39 is 0 Å². The summed E-state index contributed by atoms with van der Waals surface area (Å²) in [5.41, 5.74) is 0.523. The molecular formula is C19H38N2. The molecule has 1 spiro atoms. The summed E-state index contributed by atoms with van der Waals surface area (Å²) in [5, 5.41) is 3.90. The van der Waals surface area contributed by atoms with E-state index in [-0.39, 0.29) is 0 Å². The standard InChI is InChI=1S/C19H38N2/c1-4-6-7-8-11-14-21-15-18(17(3)5-2)20-16-19(21)12-9-10-13-19/h17-18,20H,4-16H2,1-3H3. The van der Waals surface area contributed by atoms with Crippen LogP contribution in [0.5, 0.6) is 0 Å². The second kappa shape index (κ2) is 8.53. The van der Waals surface area contributed by atoms with Gasteiger partial charge in [0.1, 0.15) is 0 Å². The maximum absolute atomic E-state index is 3.90. The summed E-state index contributed by atoms with van der Waals surface area (Å²) < 4.78 is 0. The monoisotopic (exact) mass is 294 g/mol. The maximum Gasteiger partial charge on any atom is 0.0334 e. The Morgan fingerprint density at radius 2 is 1.81 bits per heavy atom. The van der Waals surface area contributed by atoms with Gasteiger partial charge in [0.25, 0.3) is 0 Å². The van der Waals surface area contributed by atoms with Gasteiger partial charge < -0.3 is 5.32 Å². The fraction of sp³-hybridized carbons (Fsp3) is 1.00. The number of hydrogen-bond acceptors (Lipinski definition) is 2. The van der Waals surface area contributed by atoms with Crippen LogP contribution < -0.4 is 5.32 Å². The summed E-state index contributed by atoms with van der Waals surface area (Å²) >= 11 is 0. The molecule has 124 valence electrons. The lowest BCUT2D eigenvalue weighted by Gasteiger charge is -2.49. The van der Waals surface area contributed by atoms with E-state index in [1.54, 1.807) is 0 Å². The highest BCUT2D eigenvalue weighted by molar-refractivity contribution is 5.02. The molecule has 1 saturated carbocycles. The van der Waals surface area contributed by atoms with Crippen LogP contribution in [0, 0.1) is 5.92 Å². The fourth-order valence-corrected chi connectivity index (χ4v) is 4.35. The average molecular weight is 295 g/mol. The molecule has 1 heterocycles. The first-order chi connectivity index (χ1) is 10.2. The lowest BCUT2D eigenvalue weighted by atomic mass is 9.87. The maximum atomic E-state index is 3.90. The molecule has 0 amide bonds. The first kappa shape index (κ1) is 17.3. The fourth-order valence-electron chi connectivity index (χ4n) is 4.35. The van der Waals surface area contributed by atoms with Crippen LogP contribution in [-0.4, -0.2) is 36.1 Å². The normalized spacial score (nSPS) is 27.3. The zero-order valence-corrected chi connectivity index (χ0v) is 14.8. The molecule has 1 aliphatic heterocycles. The Morgan fingerprint density at radius 3 is 2.48 bits per heavy atom. The van der Waals surface area contributed by atoms with Crippen molar-refractivity contribution in [1.82, 2.24) is 10.2 Å². The van der Waals surface area contributed by atoms with E-state index in [0.29, 0.717) is 5.54 Å². The number of hydrogen-bond donors (Lipinski definition) is 1. The van der Waals surface area contributed by atoms with Crippen molar-refractivity contribution in [3.05, 3.63) is 0 Å². The van der Waals surface area contributed by atoms with Crippen LogP contribution in [0.3, 0.4) is 0 Å². The molecule has 2 heteroatoms. The van der Waals surface area contributed by atoms with Gasteiger partial charge in [0.05, 0.1) is 0 Å². The van der Waals surface area contributed by atoms with Crippen molar-refractivity contribution in [1.29, 1.82) is 0 Å². The van der Waals surface area contributed by atoms with E-state index in [2.05, 4.69) is 31.0 Å². The molecule has 21 heavy (non-hydrogen) atoms. The van der Waals surface area contributed by atoms with Crippen molar-refractivity contribution >= 4 is 0 Å². The van der Waals surface area contributed by atoms with Crippen LogP contribution in [0.2, 0.25) is 0 Å². The van der Waals surface area contributed by atoms with Gasteiger partial charge in [0.15, 0.2) is 0 Å².